The van der Waals surface area contributed by atoms with Crippen molar-refractivity contribution in [1.29, 1.82) is 0 Å². The van der Waals surface area contributed by atoms with Gasteiger partial charge >= 0.3 is 5.97 Å². The van der Waals surface area contributed by atoms with Gasteiger partial charge in [0.1, 0.15) is 6.04 Å². The van der Waals surface area contributed by atoms with Crippen molar-refractivity contribution in [2.45, 2.75) is 37.2 Å². The summed E-state index contributed by atoms with van der Waals surface area (Å²) in [6.45, 7) is 2.80. The van der Waals surface area contributed by atoms with E-state index in [0.29, 0.717) is 29.8 Å². The summed E-state index contributed by atoms with van der Waals surface area (Å²) in [5, 5.41) is 0. The molecule has 2 aromatic carbocycles. The largest absolute Gasteiger partial charge is 0.465 e. The van der Waals surface area contributed by atoms with Crippen LogP contribution in [-0.4, -0.2) is 60.9 Å². The zero-order valence-corrected chi connectivity index (χ0v) is 22.2. The zero-order chi connectivity index (χ0) is 25.2. The number of rotatable bonds is 7. The summed E-state index contributed by atoms with van der Waals surface area (Å²) in [6, 6.07) is 11.0. The minimum atomic E-state index is -3.81. The number of fused-ring (bicyclic) bond motifs is 1. The molecular weight excluding hydrogens is 506 g/mol. The lowest BCUT2D eigenvalue weighted by Gasteiger charge is -2.21. The number of ether oxygens (including phenoxy) is 1. The monoisotopic (exact) mass is 533 g/mol. The minimum absolute atomic E-state index is 0.176. The maximum atomic E-state index is 13.3. The van der Waals surface area contributed by atoms with Gasteiger partial charge in [0.25, 0.3) is 5.91 Å². The Kier molecular flexibility index (Phi) is 7.80. The molecule has 1 amide bonds. The van der Waals surface area contributed by atoms with Gasteiger partial charge in [0.15, 0.2) is 4.80 Å². The molecule has 8 nitrogen and oxygen atoms in total. The molecule has 1 unspecified atom stereocenters. The minimum Gasteiger partial charge on any atom is -0.465 e. The molecule has 186 valence electrons. The van der Waals surface area contributed by atoms with Crippen molar-refractivity contribution in [3.8, 4) is 0 Å². The van der Waals surface area contributed by atoms with Gasteiger partial charge in [-0.3, -0.25) is 4.79 Å². The van der Waals surface area contributed by atoms with E-state index in [4.69, 9.17) is 4.74 Å². The molecule has 35 heavy (non-hydrogen) atoms. The van der Waals surface area contributed by atoms with Crippen molar-refractivity contribution in [3.63, 3.8) is 0 Å². The number of aryl methyl sites for hydroxylation is 2. The van der Waals surface area contributed by atoms with Gasteiger partial charge < -0.3 is 9.30 Å². The van der Waals surface area contributed by atoms with Crippen LogP contribution in [0.5, 0.6) is 0 Å². The molecule has 1 atom stereocenters. The Morgan fingerprint density at radius 2 is 1.94 bits per heavy atom. The molecule has 0 radical (unpaired) electrons. The first-order valence-electron chi connectivity index (χ1n) is 11.1. The number of aromatic nitrogens is 1. The van der Waals surface area contributed by atoms with E-state index < -0.39 is 27.9 Å². The summed E-state index contributed by atoms with van der Waals surface area (Å²) in [6.07, 6.45) is 3.02. The third-order valence-electron chi connectivity index (χ3n) is 5.95. The number of carbonyl (C=O) groups excluding carboxylic acids is 2. The van der Waals surface area contributed by atoms with Crippen molar-refractivity contribution in [1.82, 2.24) is 8.87 Å². The van der Waals surface area contributed by atoms with Crippen molar-refractivity contribution >= 4 is 55.2 Å². The predicted molar refractivity (Wildman–Crippen MR) is 138 cm³/mol. The smallest absolute Gasteiger partial charge is 0.337 e. The third kappa shape index (κ3) is 5.23. The predicted octanol–water partition coefficient (Wildman–Crippen LogP) is 3.44. The Balaban J connectivity index is 1.72. The zero-order valence-electron chi connectivity index (χ0n) is 19.8. The summed E-state index contributed by atoms with van der Waals surface area (Å²) in [4.78, 5) is 30.4. The van der Waals surface area contributed by atoms with E-state index in [1.54, 1.807) is 48.2 Å². The lowest BCUT2D eigenvalue weighted by molar-refractivity contribution is -0.121. The number of amides is 1. The van der Waals surface area contributed by atoms with E-state index >= 15 is 0 Å². The number of hydrogen-bond donors (Lipinski definition) is 0. The highest BCUT2D eigenvalue weighted by molar-refractivity contribution is 7.98. The highest BCUT2D eigenvalue weighted by Gasteiger charge is 2.39. The first-order valence-corrected chi connectivity index (χ1v) is 14.8. The van der Waals surface area contributed by atoms with Gasteiger partial charge in [0, 0.05) is 18.8 Å². The molecular formula is C24H27N3O5S3. The van der Waals surface area contributed by atoms with Crippen LogP contribution in [0.1, 0.15) is 28.8 Å². The molecule has 1 fully saturated rings. The van der Waals surface area contributed by atoms with E-state index in [0.717, 1.165) is 21.5 Å². The molecule has 1 aromatic heterocycles. The Hall–Kier alpha value is -2.47. The fraction of sp³-hybridized carbons (Fsp3) is 0.375. The van der Waals surface area contributed by atoms with Gasteiger partial charge in [0.05, 0.1) is 27.8 Å². The summed E-state index contributed by atoms with van der Waals surface area (Å²) in [5.41, 5.74) is 2.24. The lowest BCUT2D eigenvalue weighted by Crippen LogP contribution is -2.40. The van der Waals surface area contributed by atoms with Crippen molar-refractivity contribution in [3.05, 3.63) is 58.4 Å². The Morgan fingerprint density at radius 3 is 2.63 bits per heavy atom. The quantitative estimate of drug-likeness (QED) is 0.432. The summed E-state index contributed by atoms with van der Waals surface area (Å²) in [5.74, 6) is -0.104. The molecule has 0 saturated carbocycles. The molecule has 3 aromatic rings. The second-order valence-corrected chi connectivity index (χ2v) is 12.1. The molecule has 0 bridgehead atoms. The molecule has 1 aliphatic rings. The van der Waals surface area contributed by atoms with E-state index in [9.17, 15) is 18.0 Å². The van der Waals surface area contributed by atoms with Crippen LogP contribution in [0.15, 0.2) is 52.4 Å². The highest BCUT2D eigenvalue weighted by Crippen LogP contribution is 2.27. The van der Waals surface area contributed by atoms with E-state index in [1.165, 1.54) is 22.8 Å². The number of benzene rings is 2. The number of thioether (sulfide) groups is 1. The topological polar surface area (TPSA) is 98.0 Å². The summed E-state index contributed by atoms with van der Waals surface area (Å²) in [7, 11) is -2.48. The van der Waals surface area contributed by atoms with Crippen LogP contribution < -0.4 is 4.80 Å². The van der Waals surface area contributed by atoms with Crippen molar-refractivity contribution in [2.24, 2.45) is 4.99 Å². The standard InChI is InChI=1S/C24H27N3O5S3/c1-16-6-9-18(10-7-16)35(30,31)27-12-4-5-20(27)22(28)25-24-26(13-14-33-3)19-11-8-17(23(29)32-2)15-21(19)34-24/h6-11,15,20H,4-5,12-14H2,1-3H3. The molecule has 4 rings (SSSR count). The number of sulfonamides is 1. The van der Waals surface area contributed by atoms with Crippen LogP contribution in [0.4, 0.5) is 0 Å². The lowest BCUT2D eigenvalue weighted by atomic mass is 10.2. The van der Waals surface area contributed by atoms with Crippen molar-refractivity contribution < 1.29 is 22.7 Å². The maximum absolute atomic E-state index is 13.3. The maximum Gasteiger partial charge on any atom is 0.337 e. The van der Waals surface area contributed by atoms with Gasteiger partial charge in [-0.25, -0.2) is 13.2 Å². The SMILES string of the molecule is COC(=O)c1ccc2c(c1)sc(=NC(=O)C1CCCN1S(=O)(=O)c1ccc(C)cc1)n2CCSC. The van der Waals surface area contributed by atoms with Crippen LogP contribution in [0, 0.1) is 6.92 Å². The van der Waals surface area contributed by atoms with Crippen LogP contribution in [0.2, 0.25) is 0 Å². The number of hydrogen-bond acceptors (Lipinski definition) is 7. The highest BCUT2D eigenvalue weighted by atomic mass is 32.2. The Morgan fingerprint density at radius 1 is 1.20 bits per heavy atom. The molecule has 1 saturated heterocycles. The second-order valence-electron chi connectivity index (χ2n) is 8.24. The summed E-state index contributed by atoms with van der Waals surface area (Å²) >= 11 is 2.97. The Bertz CT molecular complexity index is 1420. The molecule has 1 aliphatic heterocycles. The second kappa shape index (κ2) is 10.7. The normalized spacial score (nSPS) is 17.2. The molecule has 11 heteroatoms. The molecule has 0 N–H and O–H groups in total. The average molecular weight is 534 g/mol. The molecule has 0 spiro atoms. The molecule has 2 heterocycles. The van der Waals surface area contributed by atoms with Gasteiger partial charge in [-0.2, -0.15) is 21.1 Å². The number of thiazole rings is 1. The van der Waals surface area contributed by atoms with Crippen LogP contribution in [0.25, 0.3) is 10.2 Å². The Labute approximate surface area is 212 Å². The first kappa shape index (κ1) is 25.6. The van der Waals surface area contributed by atoms with E-state index in [1.807, 2.05) is 23.8 Å². The van der Waals surface area contributed by atoms with Crippen molar-refractivity contribution in [2.75, 3.05) is 25.7 Å². The first-order chi connectivity index (χ1) is 16.8. The fourth-order valence-electron chi connectivity index (χ4n) is 4.09. The van der Waals surface area contributed by atoms with E-state index in [-0.39, 0.29) is 11.4 Å². The van der Waals surface area contributed by atoms with Crippen LogP contribution in [0.3, 0.4) is 0 Å². The van der Waals surface area contributed by atoms with Gasteiger partial charge in [0.2, 0.25) is 10.0 Å². The van der Waals surface area contributed by atoms with Gasteiger partial charge in [-0.15, -0.1) is 0 Å². The summed E-state index contributed by atoms with van der Waals surface area (Å²) < 4.78 is 35.4. The number of esters is 1. The van der Waals surface area contributed by atoms with E-state index in [2.05, 4.69) is 4.99 Å². The fourth-order valence-corrected chi connectivity index (χ4v) is 7.21. The number of nitrogens with zero attached hydrogens (tertiary/aromatic N) is 3. The number of carbonyl (C=O) groups is 2. The van der Waals surface area contributed by atoms with Crippen LogP contribution in [-0.2, 0) is 26.1 Å². The van der Waals surface area contributed by atoms with Crippen LogP contribution >= 0.6 is 23.1 Å². The third-order valence-corrected chi connectivity index (χ3v) is 9.50. The van der Waals surface area contributed by atoms with Gasteiger partial charge in [-0.05, 0) is 56.4 Å². The van der Waals surface area contributed by atoms with Gasteiger partial charge in [-0.1, -0.05) is 29.0 Å². The number of methoxy groups -OCH3 is 1. The average Bonchev–Trinajstić information content (AvgIpc) is 3.47. The molecule has 0 aliphatic carbocycles.